The first-order chi connectivity index (χ1) is 19.8. The average molecular weight is 589 g/mol. The van der Waals surface area contributed by atoms with Crippen LogP contribution in [0.25, 0.3) is 11.0 Å². The number of anilines is 1. The monoisotopic (exact) mass is 588 g/mol. The Balaban J connectivity index is 1.64. The molecule has 1 fully saturated rings. The second-order valence-electron chi connectivity index (χ2n) is 9.96. The molecule has 0 radical (unpaired) electrons. The maximum atomic E-state index is 12.9. The number of amides is 2. The second-order valence-corrected chi connectivity index (χ2v) is 9.96. The van der Waals surface area contributed by atoms with Crippen molar-refractivity contribution in [1.82, 2.24) is 0 Å². The molecule has 3 aromatic rings. The standard InChI is InChI=1S/C28H32N2O12/c1-12-15(39-26-20(32)22(41-27(29)35)23(38-6)28(2,3)42-26)10-8-14-19(31)18(25(34)40-21(12)14)30-24(33)13-7-9-16(36-4)17(11-13)37-5/h7-11,20,22-23,26,31-32H,1-6H3,(H2,29,35)(H,30,33)/t20-,22+,23-,26-/m1/s1. The first-order valence-corrected chi connectivity index (χ1v) is 12.7. The van der Waals surface area contributed by atoms with Gasteiger partial charge in [-0.1, -0.05) is 0 Å². The minimum Gasteiger partial charge on any atom is -0.505 e. The quantitative estimate of drug-likeness (QED) is 0.281. The number of nitrogens with one attached hydrogen (secondary N) is 1. The predicted molar refractivity (Wildman–Crippen MR) is 147 cm³/mol. The summed E-state index contributed by atoms with van der Waals surface area (Å²) in [5.74, 6) is -0.412. The SMILES string of the molecule is COc1ccc(C(=O)Nc2c(O)c3ccc(O[C@@H]4OC(C)(C)[C@H](OC)[C@@H](OC(N)=O)[C@H]4O)c(C)c3oc2=O)cc1OC. The number of aliphatic hydroxyl groups is 1. The van der Waals surface area contributed by atoms with Crippen molar-refractivity contribution >= 4 is 28.7 Å². The third-order valence-corrected chi connectivity index (χ3v) is 6.90. The maximum absolute atomic E-state index is 12.9. The number of carbonyl (C=O) groups is 2. The number of methoxy groups -OCH3 is 3. The Morgan fingerprint density at radius 3 is 2.33 bits per heavy atom. The van der Waals surface area contributed by atoms with Crippen LogP contribution in [0.4, 0.5) is 10.5 Å². The van der Waals surface area contributed by atoms with Gasteiger partial charge >= 0.3 is 11.7 Å². The molecule has 14 heteroatoms. The number of rotatable bonds is 8. The first kappa shape index (κ1) is 30.4. The fourth-order valence-corrected chi connectivity index (χ4v) is 4.84. The fourth-order valence-electron chi connectivity index (χ4n) is 4.84. The molecular weight excluding hydrogens is 556 g/mol. The maximum Gasteiger partial charge on any atom is 0.404 e. The summed E-state index contributed by atoms with van der Waals surface area (Å²) in [6.07, 6.45) is -6.08. The van der Waals surface area contributed by atoms with Crippen LogP contribution in [0.2, 0.25) is 0 Å². The van der Waals surface area contributed by atoms with Crippen LogP contribution in [0.3, 0.4) is 0 Å². The van der Waals surface area contributed by atoms with Gasteiger partial charge in [0.25, 0.3) is 5.91 Å². The summed E-state index contributed by atoms with van der Waals surface area (Å²) < 4.78 is 38.2. The molecule has 14 nitrogen and oxygen atoms in total. The van der Waals surface area contributed by atoms with Crippen molar-refractivity contribution in [3.63, 3.8) is 0 Å². The highest BCUT2D eigenvalue weighted by Crippen LogP contribution is 2.38. The zero-order valence-corrected chi connectivity index (χ0v) is 23.8. The Morgan fingerprint density at radius 2 is 1.71 bits per heavy atom. The summed E-state index contributed by atoms with van der Waals surface area (Å²) in [6.45, 7) is 4.86. The highest BCUT2D eigenvalue weighted by atomic mass is 16.7. The van der Waals surface area contributed by atoms with Crippen molar-refractivity contribution < 1.29 is 52.6 Å². The largest absolute Gasteiger partial charge is 0.505 e. The molecular formula is C28H32N2O12. The van der Waals surface area contributed by atoms with Crippen LogP contribution in [0.5, 0.6) is 23.0 Å². The number of carbonyl (C=O) groups excluding carboxylic acids is 2. The lowest BCUT2D eigenvalue weighted by molar-refractivity contribution is -0.304. The second kappa shape index (κ2) is 11.8. The number of aryl methyl sites for hydroxylation is 1. The van der Waals surface area contributed by atoms with Crippen LogP contribution in [0.1, 0.15) is 29.8 Å². The van der Waals surface area contributed by atoms with Gasteiger partial charge < -0.3 is 54.1 Å². The Bertz CT molecular complexity index is 1570. The molecule has 2 aromatic carbocycles. The molecule has 4 rings (SSSR count). The van der Waals surface area contributed by atoms with Crippen LogP contribution in [-0.4, -0.2) is 73.7 Å². The highest BCUT2D eigenvalue weighted by Gasteiger charge is 2.53. The van der Waals surface area contributed by atoms with Crippen molar-refractivity contribution in [3.8, 4) is 23.0 Å². The first-order valence-electron chi connectivity index (χ1n) is 12.7. The van der Waals surface area contributed by atoms with Crippen molar-refractivity contribution in [3.05, 3.63) is 51.9 Å². The molecule has 1 aliphatic rings. The molecule has 0 aliphatic carbocycles. The van der Waals surface area contributed by atoms with Crippen LogP contribution in [-0.2, 0) is 14.2 Å². The molecule has 1 aliphatic heterocycles. The summed E-state index contributed by atoms with van der Waals surface area (Å²) >= 11 is 0. The Kier molecular flexibility index (Phi) is 8.52. The number of hydrogen-bond donors (Lipinski definition) is 4. The third kappa shape index (κ3) is 5.64. The van der Waals surface area contributed by atoms with E-state index in [9.17, 15) is 24.6 Å². The lowest BCUT2D eigenvalue weighted by Crippen LogP contribution is -2.65. The van der Waals surface area contributed by atoms with Gasteiger partial charge in [0.15, 0.2) is 35.1 Å². The number of ether oxygens (including phenoxy) is 6. The molecule has 5 N–H and O–H groups in total. The van der Waals surface area contributed by atoms with E-state index in [-0.39, 0.29) is 27.8 Å². The molecule has 4 atom stereocenters. The Hall–Kier alpha value is -4.53. The molecule has 2 amide bonds. The van der Waals surface area contributed by atoms with E-state index in [1.54, 1.807) is 20.8 Å². The normalized spacial score (nSPS) is 21.4. The predicted octanol–water partition coefficient (Wildman–Crippen LogP) is 2.43. The molecule has 1 aromatic heterocycles. The lowest BCUT2D eigenvalue weighted by atomic mass is 9.89. The van der Waals surface area contributed by atoms with E-state index >= 15 is 0 Å². The molecule has 0 unspecified atom stereocenters. The molecule has 0 saturated carbocycles. The van der Waals surface area contributed by atoms with E-state index in [0.717, 1.165) is 0 Å². The number of aromatic hydroxyl groups is 1. The minimum absolute atomic E-state index is 0.0385. The summed E-state index contributed by atoms with van der Waals surface area (Å²) in [5.41, 5.74) is 2.97. The smallest absolute Gasteiger partial charge is 0.404 e. The van der Waals surface area contributed by atoms with Gasteiger partial charge in [-0.3, -0.25) is 4.79 Å². The van der Waals surface area contributed by atoms with Crippen molar-refractivity contribution in [2.45, 2.75) is 51.0 Å². The van der Waals surface area contributed by atoms with Crippen molar-refractivity contribution in [1.29, 1.82) is 0 Å². The van der Waals surface area contributed by atoms with Crippen LogP contribution in [0, 0.1) is 6.92 Å². The van der Waals surface area contributed by atoms with Gasteiger partial charge in [0.2, 0.25) is 6.29 Å². The average Bonchev–Trinajstić information content (AvgIpc) is 2.94. The number of benzene rings is 2. The van der Waals surface area contributed by atoms with Gasteiger partial charge in [-0.05, 0) is 51.1 Å². The summed E-state index contributed by atoms with van der Waals surface area (Å²) in [6, 6.07) is 7.25. The Labute approximate surface area is 239 Å². The van der Waals surface area contributed by atoms with Crippen LogP contribution >= 0.6 is 0 Å². The lowest BCUT2D eigenvalue weighted by Gasteiger charge is -2.47. The number of primary amides is 1. The van der Waals surface area contributed by atoms with Gasteiger partial charge in [0, 0.05) is 18.2 Å². The van der Waals surface area contributed by atoms with Gasteiger partial charge in [-0.15, -0.1) is 0 Å². The molecule has 2 heterocycles. The molecule has 1 saturated heterocycles. The number of nitrogens with two attached hydrogens (primary N) is 1. The van der Waals surface area contributed by atoms with E-state index in [2.05, 4.69) is 5.32 Å². The van der Waals surface area contributed by atoms with E-state index in [4.69, 9.17) is 38.6 Å². The molecule has 0 spiro atoms. The highest BCUT2D eigenvalue weighted by molar-refractivity contribution is 6.06. The van der Waals surface area contributed by atoms with Gasteiger partial charge in [-0.25, -0.2) is 9.59 Å². The van der Waals surface area contributed by atoms with E-state index in [1.807, 2.05) is 0 Å². The van der Waals surface area contributed by atoms with Crippen molar-refractivity contribution in [2.24, 2.45) is 5.73 Å². The zero-order valence-electron chi connectivity index (χ0n) is 23.8. The number of hydrogen-bond acceptors (Lipinski definition) is 12. The van der Waals surface area contributed by atoms with E-state index in [1.165, 1.54) is 51.7 Å². The van der Waals surface area contributed by atoms with E-state index in [0.29, 0.717) is 11.5 Å². The fraction of sp³-hybridized carbons (Fsp3) is 0.393. The van der Waals surface area contributed by atoms with Crippen LogP contribution < -0.4 is 30.9 Å². The summed E-state index contributed by atoms with van der Waals surface area (Å²) in [4.78, 5) is 37.3. The van der Waals surface area contributed by atoms with E-state index < -0.39 is 59.3 Å². The number of aliphatic hydroxyl groups excluding tert-OH is 1. The zero-order chi connectivity index (χ0) is 30.9. The topological polar surface area (TPSA) is 198 Å². The van der Waals surface area contributed by atoms with Crippen molar-refractivity contribution in [2.75, 3.05) is 26.6 Å². The molecule has 0 bridgehead atoms. The molecule has 42 heavy (non-hydrogen) atoms. The molecule has 226 valence electrons. The third-order valence-electron chi connectivity index (χ3n) is 6.90. The summed E-state index contributed by atoms with van der Waals surface area (Å²) in [5, 5.41) is 24.3. The Morgan fingerprint density at radius 1 is 1.05 bits per heavy atom. The van der Waals surface area contributed by atoms with Crippen LogP contribution in [0.15, 0.2) is 39.5 Å². The van der Waals surface area contributed by atoms with Gasteiger partial charge in [0.1, 0.15) is 17.4 Å². The number of fused-ring (bicyclic) bond motifs is 1. The van der Waals surface area contributed by atoms with Gasteiger partial charge in [0.05, 0.1) is 25.2 Å². The summed E-state index contributed by atoms with van der Waals surface area (Å²) in [7, 11) is 4.23. The minimum atomic E-state index is -1.51. The van der Waals surface area contributed by atoms with Gasteiger partial charge in [-0.2, -0.15) is 0 Å².